The van der Waals surface area contributed by atoms with E-state index in [0.717, 1.165) is 67.5 Å². The third-order valence-corrected chi connectivity index (χ3v) is 7.06. The number of H-pyrrole nitrogens is 1. The van der Waals surface area contributed by atoms with Crippen molar-refractivity contribution in [3.8, 4) is 22.5 Å². The molecular formula is C27H29ClF2N6. The second kappa shape index (κ2) is 10.5. The second-order valence-electron chi connectivity index (χ2n) is 9.40. The molecular weight excluding hydrogens is 482 g/mol. The molecule has 6 nitrogen and oxygen atoms in total. The van der Waals surface area contributed by atoms with E-state index in [1.165, 1.54) is 12.4 Å². The van der Waals surface area contributed by atoms with Gasteiger partial charge in [0.2, 0.25) is 0 Å². The summed E-state index contributed by atoms with van der Waals surface area (Å²) in [5.74, 6) is -1.50. The van der Waals surface area contributed by atoms with E-state index in [0.29, 0.717) is 17.4 Å². The fourth-order valence-corrected chi connectivity index (χ4v) is 4.83. The molecule has 1 aliphatic heterocycles. The van der Waals surface area contributed by atoms with Gasteiger partial charge in [-0.3, -0.25) is 14.8 Å². The Balaban J connectivity index is 1.31. The van der Waals surface area contributed by atoms with E-state index in [-0.39, 0.29) is 10.6 Å². The quantitative estimate of drug-likeness (QED) is 0.314. The minimum atomic E-state index is -0.798. The smallest absolute Gasteiger partial charge is 0.144 e. The van der Waals surface area contributed by atoms with Gasteiger partial charge in [-0.2, -0.15) is 0 Å². The first-order valence-corrected chi connectivity index (χ1v) is 12.6. The van der Waals surface area contributed by atoms with Crippen molar-refractivity contribution in [3.05, 3.63) is 65.6 Å². The Hall–Kier alpha value is -3.07. The van der Waals surface area contributed by atoms with Gasteiger partial charge in [0, 0.05) is 67.9 Å². The number of imidazole rings is 1. The van der Waals surface area contributed by atoms with Crippen LogP contribution in [0.1, 0.15) is 13.8 Å². The Morgan fingerprint density at radius 3 is 2.61 bits per heavy atom. The van der Waals surface area contributed by atoms with Crippen LogP contribution in [-0.4, -0.2) is 70.1 Å². The number of fused-ring (bicyclic) bond motifs is 1. The highest BCUT2D eigenvalue weighted by atomic mass is 35.5. The summed E-state index contributed by atoms with van der Waals surface area (Å²) in [5.41, 5.74) is 3.74. The van der Waals surface area contributed by atoms with Crippen molar-refractivity contribution in [2.24, 2.45) is 0 Å². The summed E-state index contributed by atoms with van der Waals surface area (Å²) < 4.78 is 28.2. The molecule has 4 aromatic rings. The SMILES string of the molecule is CC(C)N1CCN(CCNc2cnc3ccc(-c4nc[nH]c4-c4cc(Cl)c(F)cc4F)cc3c2)CC1. The van der Waals surface area contributed by atoms with Gasteiger partial charge in [-0.1, -0.05) is 17.7 Å². The average Bonchev–Trinajstić information content (AvgIpc) is 3.36. The predicted molar refractivity (Wildman–Crippen MR) is 141 cm³/mol. The summed E-state index contributed by atoms with van der Waals surface area (Å²) in [6.07, 6.45) is 3.33. The summed E-state index contributed by atoms with van der Waals surface area (Å²) >= 11 is 5.91. The van der Waals surface area contributed by atoms with Crippen molar-refractivity contribution in [3.63, 3.8) is 0 Å². The Bertz CT molecular complexity index is 1360. The van der Waals surface area contributed by atoms with E-state index < -0.39 is 11.6 Å². The summed E-state index contributed by atoms with van der Waals surface area (Å²) in [7, 11) is 0. The highest BCUT2D eigenvalue weighted by molar-refractivity contribution is 6.31. The molecule has 3 heterocycles. The summed E-state index contributed by atoms with van der Waals surface area (Å²) in [5, 5.41) is 4.28. The highest BCUT2D eigenvalue weighted by Gasteiger charge is 2.19. The maximum Gasteiger partial charge on any atom is 0.144 e. The van der Waals surface area contributed by atoms with Gasteiger partial charge in [-0.25, -0.2) is 13.8 Å². The van der Waals surface area contributed by atoms with Crippen LogP contribution in [0.4, 0.5) is 14.5 Å². The lowest BCUT2D eigenvalue weighted by atomic mass is 10.0. The van der Waals surface area contributed by atoms with E-state index in [9.17, 15) is 8.78 Å². The molecule has 0 radical (unpaired) electrons. The molecule has 2 aromatic heterocycles. The van der Waals surface area contributed by atoms with Crippen LogP contribution in [-0.2, 0) is 0 Å². The van der Waals surface area contributed by atoms with Crippen molar-refractivity contribution >= 4 is 28.2 Å². The Kier molecular flexibility index (Phi) is 7.18. The number of anilines is 1. The summed E-state index contributed by atoms with van der Waals surface area (Å²) in [6.45, 7) is 10.7. The number of hydrogen-bond donors (Lipinski definition) is 2. The molecule has 2 N–H and O–H groups in total. The molecule has 36 heavy (non-hydrogen) atoms. The number of benzene rings is 2. The van der Waals surface area contributed by atoms with Crippen molar-refractivity contribution in [2.45, 2.75) is 19.9 Å². The molecule has 9 heteroatoms. The van der Waals surface area contributed by atoms with Crippen molar-refractivity contribution < 1.29 is 8.78 Å². The number of hydrogen-bond acceptors (Lipinski definition) is 5. The molecule has 0 atom stereocenters. The van der Waals surface area contributed by atoms with Gasteiger partial charge in [0.1, 0.15) is 11.6 Å². The molecule has 188 valence electrons. The first-order valence-electron chi connectivity index (χ1n) is 12.2. The van der Waals surface area contributed by atoms with Crippen molar-refractivity contribution in [1.82, 2.24) is 24.8 Å². The van der Waals surface area contributed by atoms with Crippen LogP contribution in [0.5, 0.6) is 0 Å². The number of piperazine rings is 1. The maximum atomic E-state index is 14.5. The largest absolute Gasteiger partial charge is 0.382 e. The fourth-order valence-electron chi connectivity index (χ4n) is 4.67. The normalized spacial score (nSPS) is 15.2. The minimum Gasteiger partial charge on any atom is -0.382 e. The van der Waals surface area contributed by atoms with Gasteiger partial charge in [0.15, 0.2) is 0 Å². The Morgan fingerprint density at radius 2 is 1.83 bits per heavy atom. The number of aromatic amines is 1. The van der Waals surface area contributed by atoms with Crippen LogP contribution < -0.4 is 5.32 Å². The second-order valence-corrected chi connectivity index (χ2v) is 9.81. The minimum absolute atomic E-state index is 0.146. The van der Waals surface area contributed by atoms with Crippen LogP contribution in [0.2, 0.25) is 5.02 Å². The predicted octanol–water partition coefficient (Wildman–Crippen LogP) is 5.66. The van der Waals surface area contributed by atoms with Crippen LogP contribution >= 0.6 is 11.6 Å². The Labute approximate surface area is 214 Å². The van der Waals surface area contributed by atoms with Crippen LogP contribution in [0.3, 0.4) is 0 Å². The zero-order valence-electron chi connectivity index (χ0n) is 20.4. The van der Waals surface area contributed by atoms with Gasteiger partial charge in [0.25, 0.3) is 0 Å². The van der Waals surface area contributed by atoms with E-state index in [1.807, 2.05) is 24.4 Å². The zero-order chi connectivity index (χ0) is 25.2. The number of nitrogens with one attached hydrogen (secondary N) is 2. The summed E-state index contributed by atoms with van der Waals surface area (Å²) in [6, 6.07) is 10.5. The number of pyridine rings is 1. The fraction of sp³-hybridized carbons (Fsp3) is 0.333. The molecule has 0 spiro atoms. The molecule has 1 saturated heterocycles. The third kappa shape index (κ3) is 5.21. The van der Waals surface area contributed by atoms with Gasteiger partial charge in [-0.15, -0.1) is 0 Å². The average molecular weight is 511 g/mol. The van der Waals surface area contributed by atoms with E-state index in [2.05, 4.69) is 50.0 Å². The lowest BCUT2D eigenvalue weighted by molar-refractivity contribution is 0.111. The number of rotatable bonds is 7. The van der Waals surface area contributed by atoms with Crippen LogP contribution in [0.15, 0.2) is 48.9 Å². The summed E-state index contributed by atoms with van der Waals surface area (Å²) in [4.78, 5) is 16.9. The molecule has 2 aromatic carbocycles. The lowest BCUT2D eigenvalue weighted by Gasteiger charge is -2.36. The molecule has 5 rings (SSSR count). The highest BCUT2D eigenvalue weighted by Crippen LogP contribution is 2.34. The van der Waals surface area contributed by atoms with Gasteiger partial charge < -0.3 is 10.3 Å². The Morgan fingerprint density at radius 1 is 1.03 bits per heavy atom. The van der Waals surface area contributed by atoms with E-state index >= 15 is 0 Å². The van der Waals surface area contributed by atoms with Gasteiger partial charge in [0.05, 0.1) is 40.1 Å². The maximum absolute atomic E-state index is 14.5. The van der Waals surface area contributed by atoms with Gasteiger partial charge in [-0.05, 0) is 38.1 Å². The van der Waals surface area contributed by atoms with Crippen LogP contribution in [0.25, 0.3) is 33.4 Å². The number of aromatic nitrogens is 3. The van der Waals surface area contributed by atoms with E-state index in [4.69, 9.17) is 11.6 Å². The monoisotopic (exact) mass is 510 g/mol. The van der Waals surface area contributed by atoms with Crippen molar-refractivity contribution in [1.29, 1.82) is 0 Å². The van der Waals surface area contributed by atoms with Crippen LogP contribution in [0, 0.1) is 11.6 Å². The topological polar surface area (TPSA) is 60.1 Å². The molecule has 0 aliphatic carbocycles. The number of nitrogens with zero attached hydrogens (tertiary/aromatic N) is 4. The molecule has 0 bridgehead atoms. The van der Waals surface area contributed by atoms with E-state index in [1.54, 1.807) is 0 Å². The first kappa shape index (κ1) is 24.6. The third-order valence-electron chi connectivity index (χ3n) is 6.77. The number of halogens is 3. The van der Waals surface area contributed by atoms with Crippen molar-refractivity contribution in [2.75, 3.05) is 44.6 Å². The lowest BCUT2D eigenvalue weighted by Crippen LogP contribution is -2.49. The molecule has 1 aliphatic rings. The first-order chi connectivity index (χ1) is 17.4. The standard InChI is InChI=1S/C27H29ClF2N6/c1-17(2)36-9-7-35(8-10-36)6-5-31-20-12-19-11-18(3-4-25(19)32-15-20)26-27(34-16-33-26)21-13-22(28)24(30)14-23(21)29/h3-4,11-17,31H,5-10H2,1-2H3,(H,33,34). The molecule has 0 saturated carbocycles. The molecule has 0 unspecified atom stereocenters. The van der Waals surface area contributed by atoms with Gasteiger partial charge >= 0.3 is 0 Å². The molecule has 0 amide bonds. The zero-order valence-corrected chi connectivity index (χ0v) is 21.1. The molecule has 1 fully saturated rings.